The number of halogens is 1. The first kappa shape index (κ1) is 19.0. The highest BCUT2D eigenvalue weighted by molar-refractivity contribution is 6.30. The topological polar surface area (TPSA) is 58.6 Å². The van der Waals surface area contributed by atoms with Crippen LogP contribution in [0.4, 0.5) is 10.5 Å². The van der Waals surface area contributed by atoms with Crippen molar-refractivity contribution in [2.24, 2.45) is 0 Å². The number of rotatable bonds is 5. The van der Waals surface area contributed by atoms with Crippen molar-refractivity contribution in [3.05, 3.63) is 76.5 Å². The lowest BCUT2D eigenvalue weighted by Gasteiger charge is -2.15. The Morgan fingerprint density at radius 2 is 1.85 bits per heavy atom. The molecule has 0 radical (unpaired) electrons. The van der Waals surface area contributed by atoms with Gasteiger partial charge in [-0.1, -0.05) is 48.9 Å². The summed E-state index contributed by atoms with van der Waals surface area (Å²) in [5.74, 6) is -0.300. The van der Waals surface area contributed by atoms with Gasteiger partial charge in [0.05, 0.1) is 0 Å². The largest absolute Gasteiger partial charge is 0.444 e. The van der Waals surface area contributed by atoms with Gasteiger partial charge in [-0.15, -0.1) is 0 Å². The van der Waals surface area contributed by atoms with Crippen molar-refractivity contribution in [3.63, 3.8) is 0 Å². The molecule has 27 heavy (non-hydrogen) atoms. The predicted molar refractivity (Wildman–Crippen MR) is 105 cm³/mol. The molecule has 140 valence electrons. The van der Waals surface area contributed by atoms with Crippen LogP contribution in [0.5, 0.6) is 0 Å². The summed E-state index contributed by atoms with van der Waals surface area (Å²) in [6.07, 6.45) is 0.542. The second-order valence-electron chi connectivity index (χ2n) is 6.19. The molecule has 1 N–H and O–H groups in total. The van der Waals surface area contributed by atoms with Gasteiger partial charge in [0.2, 0.25) is 0 Å². The van der Waals surface area contributed by atoms with E-state index in [0.717, 1.165) is 21.8 Å². The minimum atomic E-state index is -0.610. The zero-order valence-corrected chi connectivity index (χ0v) is 15.8. The number of ether oxygens (including phenoxy) is 1. The lowest BCUT2D eigenvalue weighted by Crippen LogP contribution is -2.33. The van der Waals surface area contributed by atoms with Crippen LogP contribution >= 0.6 is 11.6 Å². The molecule has 6 heteroatoms. The van der Waals surface area contributed by atoms with Crippen LogP contribution < -0.4 is 5.32 Å². The van der Waals surface area contributed by atoms with Crippen LogP contribution in [0.25, 0.3) is 0 Å². The molecule has 0 saturated carbocycles. The Labute approximate surface area is 163 Å². The molecule has 1 aliphatic rings. The van der Waals surface area contributed by atoms with E-state index in [2.05, 4.69) is 5.32 Å². The van der Waals surface area contributed by atoms with Gasteiger partial charge in [-0.2, -0.15) is 0 Å². The van der Waals surface area contributed by atoms with Gasteiger partial charge in [0.25, 0.3) is 5.91 Å². The maximum Gasteiger partial charge on any atom is 0.417 e. The summed E-state index contributed by atoms with van der Waals surface area (Å²) in [5, 5.41) is 3.92. The number of carbonyl (C=O) groups is 2. The molecule has 1 saturated heterocycles. The van der Waals surface area contributed by atoms with Crippen molar-refractivity contribution in [2.45, 2.75) is 26.4 Å². The summed E-state index contributed by atoms with van der Waals surface area (Å²) < 4.78 is 5.28. The molecular formula is C21H21ClN2O3. The Balaban J connectivity index is 1.67. The molecule has 0 spiro atoms. The normalized spacial score (nSPS) is 15.6. The molecule has 2 aromatic carbocycles. The van der Waals surface area contributed by atoms with E-state index in [0.29, 0.717) is 30.0 Å². The van der Waals surface area contributed by atoms with Crippen LogP contribution in [-0.4, -0.2) is 23.4 Å². The van der Waals surface area contributed by atoms with Gasteiger partial charge in [-0.05, 0) is 42.7 Å². The van der Waals surface area contributed by atoms with Crippen LogP contribution in [0.2, 0.25) is 5.02 Å². The highest BCUT2D eigenvalue weighted by Gasteiger charge is 2.34. The number of likely N-dealkylation sites (tertiary alicyclic amines) is 1. The summed E-state index contributed by atoms with van der Waals surface area (Å²) in [6.45, 7) is 2.44. The number of hydrogen-bond donors (Lipinski definition) is 1. The minimum Gasteiger partial charge on any atom is -0.444 e. The third-order valence-electron chi connectivity index (χ3n) is 4.37. The van der Waals surface area contributed by atoms with Gasteiger partial charge in [-0.25, -0.2) is 9.69 Å². The molecule has 3 rings (SSSR count). The smallest absolute Gasteiger partial charge is 0.417 e. The maximum absolute atomic E-state index is 12.7. The van der Waals surface area contributed by atoms with E-state index >= 15 is 0 Å². The standard InChI is InChI=1S/C21H21ClN2O3/c1-2-19(23-17-10-8-16(22)9-11-17)18-12-13-24(20(18)25)21(26)27-14-15-6-4-3-5-7-15/h3-11,23H,2,12-14H2,1H3/b19-18-. The highest BCUT2D eigenvalue weighted by atomic mass is 35.5. The number of amides is 2. The Morgan fingerprint density at radius 3 is 2.52 bits per heavy atom. The average molecular weight is 385 g/mol. The Bertz CT molecular complexity index is 847. The minimum absolute atomic E-state index is 0.145. The molecule has 2 aromatic rings. The predicted octanol–water partition coefficient (Wildman–Crippen LogP) is 4.99. The lowest BCUT2D eigenvalue weighted by atomic mass is 10.1. The monoisotopic (exact) mass is 384 g/mol. The summed E-state index contributed by atoms with van der Waals surface area (Å²) in [6, 6.07) is 16.7. The van der Waals surface area contributed by atoms with E-state index in [9.17, 15) is 9.59 Å². The van der Waals surface area contributed by atoms with Crippen molar-refractivity contribution in [1.82, 2.24) is 4.90 Å². The first-order valence-electron chi connectivity index (χ1n) is 8.85. The SMILES string of the molecule is CC/C(Nc1ccc(Cl)cc1)=C1\CCN(C(=O)OCc2ccccc2)C1=O. The molecule has 5 nitrogen and oxygen atoms in total. The molecule has 1 aliphatic heterocycles. The number of anilines is 1. The third kappa shape index (κ3) is 4.68. The van der Waals surface area contributed by atoms with Crippen LogP contribution in [-0.2, 0) is 16.1 Å². The van der Waals surface area contributed by atoms with Gasteiger partial charge in [-0.3, -0.25) is 4.79 Å². The van der Waals surface area contributed by atoms with E-state index in [1.165, 1.54) is 0 Å². The van der Waals surface area contributed by atoms with Crippen molar-refractivity contribution < 1.29 is 14.3 Å². The zero-order chi connectivity index (χ0) is 19.2. The number of carbonyl (C=O) groups excluding carboxylic acids is 2. The van der Waals surface area contributed by atoms with Crippen LogP contribution in [0, 0.1) is 0 Å². The average Bonchev–Trinajstić information content (AvgIpc) is 3.08. The molecular weight excluding hydrogens is 364 g/mol. The Kier molecular flexibility index (Phi) is 6.14. The quantitative estimate of drug-likeness (QED) is 0.738. The first-order valence-corrected chi connectivity index (χ1v) is 9.23. The molecule has 0 aliphatic carbocycles. The number of nitrogens with one attached hydrogen (secondary N) is 1. The van der Waals surface area contributed by atoms with Crippen molar-refractivity contribution in [1.29, 1.82) is 0 Å². The van der Waals surface area contributed by atoms with Crippen molar-refractivity contribution in [2.75, 3.05) is 11.9 Å². The molecule has 0 aromatic heterocycles. The number of nitrogens with zero attached hydrogens (tertiary/aromatic N) is 1. The zero-order valence-electron chi connectivity index (χ0n) is 15.1. The summed E-state index contributed by atoms with van der Waals surface area (Å²) in [4.78, 5) is 26.2. The van der Waals surface area contributed by atoms with E-state index in [1.54, 1.807) is 12.1 Å². The Hall–Kier alpha value is -2.79. The summed E-state index contributed by atoms with van der Waals surface area (Å²) in [7, 11) is 0. The first-order chi connectivity index (χ1) is 13.1. The number of imide groups is 1. The molecule has 1 heterocycles. The van der Waals surface area contributed by atoms with E-state index in [-0.39, 0.29) is 12.5 Å². The van der Waals surface area contributed by atoms with Gasteiger partial charge in [0.1, 0.15) is 6.61 Å². The van der Waals surface area contributed by atoms with E-state index in [4.69, 9.17) is 16.3 Å². The molecule has 0 atom stereocenters. The highest BCUT2D eigenvalue weighted by Crippen LogP contribution is 2.25. The number of benzene rings is 2. The van der Waals surface area contributed by atoms with E-state index in [1.807, 2.05) is 49.4 Å². The van der Waals surface area contributed by atoms with Crippen molar-refractivity contribution in [3.8, 4) is 0 Å². The second-order valence-corrected chi connectivity index (χ2v) is 6.63. The van der Waals surface area contributed by atoms with Crippen molar-refractivity contribution >= 4 is 29.3 Å². The maximum atomic E-state index is 12.7. The van der Waals surface area contributed by atoms with Crippen LogP contribution in [0.15, 0.2) is 65.9 Å². The Morgan fingerprint density at radius 1 is 1.15 bits per heavy atom. The fourth-order valence-corrected chi connectivity index (χ4v) is 3.06. The fraction of sp³-hybridized carbons (Fsp3) is 0.238. The van der Waals surface area contributed by atoms with Crippen LogP contribution in [0.3, 0.4) is 0 Å². The fourth-order valence-electron chi connectivity index (χ4n) is 2.93. The molecule has 2 amide bonds. The lowest BCUT2D eigenvalue weighted by molar-refractivity contribution is -0.123. The van der Waals surface area contributed by atoms with E-state index < -0.39 is 6.09 Å². The molecule has 0 unspecified atom stereocenters. The van der Waals surface area contributed by atoms with Gasteiger partial charge in [0, 0.05) is 28.5 Å². The number of allylic oxidation sites excluding steroid dienone is 1. The third-order valence-corrected chi connectivity index (χ3v) is 4.62. The van der Waals surface area contributed by atoms with Gasteiger partial charge in [0.15, 0.2) is 0 Å². The second kappa shape index (κ2) is 8.73. The molecule has 0 bridgehead atoms. The van der Waals surface area contributed by atoms with Crippen LogP contribution in [0.1, 0.15) is 25.3 Å². The summed E-state index contributed by atoms with van der Waals surface area (Å²) in [5.41, 5.74) is 3.15. The number of hydrogen-bond acceptors (Lipinski definition) is 4. The van der Waals surface area contributed by atoms with Gasteiger partial charge >= 0.3 is 6.09 Å². The van der Waals surface area contributed by atoms with Gasteiger partial charge < -0.3 is 10.1 Å². The molecule has 1 fully saturated rings. The summed E-state index contributed by atoms with van der Waals surface area (Å²) >= 11 is 5.91.